The number of ether oxygens (including phenoxy) is 3. The number of rotatable bonds is 12. The molecule has 2 rings (SSSR count). The topological polar surface area (TPSA) is 120 Å². The molecule has 0 radical (unpaired) electrons. The molecule has 0 saturated carbocycles. The summed E-state index contributed by atoms with van der Waals surface area (Å²) < 4.78 is 15.2. The Morgan fingerprint density at radius 2 is 1.33 bits per heavy atom. The predicted octanol–water partition coefficient (Wildman–Crippen LogP) is 3.55. The van der Waals surface area contributed by atoms with Gasteiger partial charge in [-0.3, -0.25) is 14.4 Å². The van der Waals surface area contributed by atoms with Gasteiger partial charge in [-0.1, -0.05) is 0 Å². The average molecular weight is 456 g/mol. The molecule has 0 aromatic heterocycles. The number of esters is 2. The van der Waals surface area contributed by atoms with Crippen LogP contribution < -0.4 is 15.4 Å². The molecule has 0 spiro atoms. The number of nitrogens with one attached hydrogen (secondary N) is 2. The molecule has 33 heavy (non-hydrogen) atoms. The van der Waals surface area contributed by atoms with Crippen molar-refractivity contribution in [2.75, 3.05) is 30.5 Å². The van der Waals surface area contributed by atoms with Gasteiger partial charge < -0.3 is 24.8 Å². The summed E-state index contributed by atoms with van der Waals surface area (Å²) >= 11 is 0. The van der Waals surface area contributed by atoms with Crippen LogP contribution in [-0.2, 0) is 23.9 Å². The van der Waals surface area contributed by atoms with Crippen molar-refractivity contribution in [2.24, 2.45) is 0 Å². The van der Waals surface area contributed by atoms with Crippen LogP contribution in [0, 0.1) is 0 Å². The Kier molecular flexibility index (Phi) is 10.4. The zero-order chi connectivity index (χ0) is 24.1. The van der Waals surface area contributed by atoms with E-state index >= 15 is 0 Å². The fourth-order valence-electron chi connectivity index (χ4n) is 2.74. The van der Waals surface area contributed by atoms with Gasteiger partial charge in [-0.05, 0) is 68.8 Å². The molecule has 0 heterocycles. The summed E-state index contributed by atoms with van der Waals surface area (Å²) in [6.07, 6.45) is 0.380. The van der Waals surface area contributed by atoms with Crippen molar-refractivity contribution in [3.8, 4) is 5.75 Å². The normalized spacial score (nSPS) is 10.1. The number of hydrogen-bond acceptors (Lipinski definition) is 7. The standard InChI is InChI=1S/C24H28N2O7/c1-3-31-20-14-12-19(13-15-20)26-22(28)16-33-23(29)7-5-6-21(27)25-18-10-8-17(9-11-18)24(30)32-4-2/h8-15H,3-7,16H2,1-2H3,(H,25,27)(H,26,28). The maximum absolute atomic E-state index is 12.0. The molecule has 0 aliphatic carbocycles. The molecule has 2 aromatic carbocycles. The van der Waals surface area contributed by atoms with Crippen molar-refractivity contribution in [1.82, 2.24) is 0 Å². The van der Waals surface area contributed by atoms with Crippen LogP contribution in [0.3, 0.4) is 0 Å². The molecule has 176 valence electrons. The lowest BCUT2D eigenvalue weighted by Crippen LogP contribution is -2.21. The monoisotopic (exact) mass is 456 g/mol. The lowest BCUT2D eigenvalue weighted by atomic mass is 10.2. The molecule has 0 saturated heterocycles. The first-order valence-electron chi connectivity index (χ1n) is 10.7. The van der Waals surface area contributed by atoms with E-state index in [2.05, 4.69) is 10.6 Å². The first kappa shape index (κ1) is 25.4. The molecule has 2 aromatic rings. The Morgan fingerprint density at radius 3 is 1.94 bits per heavy atom. The summed E-state index contributed by atoms with van der Waals surface area (Å²) in [6.45, 7) is 4.02. The van der Waals surface area contributed by atoms with Gasteiger partial charge in [0.1, 0.15) is 5.75 Å². The first-order valence-corrected chi connectivity index (χ1v) is 10.7. The van der Waals surface area contributed by atoms with Gasteiger partial charge in [0.2, 0.25) is 5.91 Å². The Labute approximate surface area is 192 Å². The number of hydrogen-bond donors (Lipinski definition) is 2. The molecule has 0 unspecified atom stereocenters. The van der Waals surface area contributed by atoms with Crippen LogP contribution in [0.1, 0.15) is 43.5 Å². The lowest BCUT2D eigenvalue weighted by Gasteiger charge is -2.08. The molecular formula is C24H28N2O7. The highest BCUT2D eigenvalue weighted by molar-refractivity contribution is 5.94. The average Bonchev–Trinajstić information content (AvgIpc) is 2.80. The van der Waals surface area contributed by atoms with Crippen molar-refractivity contribution in [3.63, 3.8) is 0 Å². The number of carbonyl (C=O) groups excluding carboxylic acids is 4. The molecule has 2 N–H and O–H groups in total. The summed E-state index contributed by atoms with van der Waals surface area (Å²) in [5.74, 6) is -1.04. The van der Waals surface area contributed by atoms with E-state index < -0.39 is 24.5 Å². The second-order valence-electron chi connectivity index (χ2n) is 6.87. The fourth-order valence-corrected chi connectivity index (χ4v) is 2.74. The quantitative estimate of drug-likeness (QED) is 0.469. The smallest absolute Gasteiger partial charge is 0.338 e. The van der Waals surface area contributed by atoms with Gasteiger partial charge in [0.25, 0.3) is 5.91 Å². The van der Waals surface area contributed by atoms with Crippen LogP contribution in [0.15, 0.2) is 48.5 Å². The Morgan fingerprint density at radius 1 is 0.727 bits per heavy atom. The van der Waals surface area contributed by atoms with Crippen LogP contribution in [0.4, 0.5) is 11.4 Å². The fraction of sp³-hybridized carbons (Fsp3) is 0.333. The minimum atomic E-state index is -0.566. The van der Waals surface area contributed by atoms with Crippen molar-refractivity contribution in [3.05, 3.63) is 54.1 Å². The van der Waals surface area contributed by atoms with Crippen molar-refractivity contribution >= 4 is 35.1 Å². The van der Waals surface area contributed by atoms with Gasteiger partial charge in [0.15, 0.2) is 6.61 Å². The second-order valence-corrected chi connectivity index (χ2v) is 6.87. The maximum atomic E-state index is 12.0. The minimum Gasteiger partial charge on any atom is -0.494 e. The number of amides is 2. The molecule has 0 fully saturated rings. The predicted molar refractivity (Wildman–Crippen MR) is 122 cm³/mol. The lowest BCUT2D eigenvalue weighted by molar-refractivity contribution is -0.147. The number of benzene rings is 2. The van der Waals surface area contributed by atoms with Gasteiger partial charge >= 0.3 is 11.9 Å². The van der Waals surface area contributed by atoms with Crippen LogP contribution in [0.2, 0.25) is 0 Å². The highest BCUT2D eigenvalue weighted by Gasteiger charge is 2.11. The zero-order valence-corrected chi connectivity index (χ0v) is 18.7. The molecular weight excluding hydrogens is 428 g/mol. The van der Waals surface area contributed by atoms with Crippen molar-refractivity contribution in [2.45, 2.75) is 33.1 Å². The van der Waals surface area contributed by atoms with Gasteiger partial charge in [0, 0.05) is 24.2 Å². The van der Waals surface area contributed by atoms with E-state index in [9.17, 15) is 19.2 Å². The largest absolute Gasteiger partial charge is 0.494 e. The van der Waals surface area contributed by atoms with E-state index in [1.54, 1.807) is 55.5 Å². The zero-order valence-electron chi connectivity index (χ0n) is 18.7. The Bertz CT molecular complexity index is 940. The summed E-state index contributed by atoms with van der Waals surface area (Å²) in [7, 11) is 0. The molecule has 0 atom stereocenters. The SMILES string of the molecule is CCOC(=O)c1ccc(NC(=O)CCCC(=O)OCC(=O)Nc2ccc(OCC)cc2)cc1. The molecule has 2 amide bonds. The van der Waals surface area contributed by atoms with E-state index in [0.29, 0.717) is 29.3 Å². The molecule has 0 aliphatic rings. The molecule has 9 nitrogen and oxygen atoms in total. The third-order valence-electron chi connectivity index (χ3n) is 4.28. The van der Waals surface area contributed by atoms with Gasteiger partial charge in [-0.25, -0.2) is 4.79 Å². The third-order valence-corrected chi connectivity index (χ3v) is 4.28. The number of anilines is 2. The minimum absolute atomic E-state index is 0.00551. The summed E-state index contributed by atoms with van der Waals surface area (Å²) in [5.41, 5.74) is 1.48. The Hall–Kier alpha value is -3.88. The second kappa shape index (κ2) is 13.5. The van der Waals surface area contributed by atoms with Crippen LogP contribution in [0.5, 0.6) is 5.75 Å². The Balaban J connectivity index is 1.63. The van der Waals surface area contributed by atoms with Gasteiger partial charge in [-0.2, -0.15) is 0 Å². The molecule has 0 bridgehead atoms. The van der Waals surface area contributed by atoms with E-state index in [0.717, 1.165) is 0 Å². The van der Waals surface area contributed by atoms with Crippen LogP contribution in [-0.4, -0.2) is 43.6 Å². The van der Waals surface area contributed by atoms with Crippen molar-refractivity contribution in [1.29, 1.82) is 0 Å². The van der Waals surface area contributed by atoms with Gasteiger partial charge in [0.05, 0.1) is 18.8 Å². The van der Waals surface area contributed by atoms with Crippen LogP contribution in [0.25, 0.3) is 0 Å². The van der Waals surface area contributed by atoms with E-state index in [1.807, 2.05) is 6.92 Å². The highest BCUT2D eigenvalue weighted by atomic mass is 16.5. The summed E-state index contributed by atoms with van der Waals surface area (Å²) in [6, 6.07) is 13.1. The summed E-state index contributed by atoms with van der Waals surface area (Å²) in [5, 5.41) is 5.31. The third kappa shape index (κ3) is 9.42. The number of carbonyl (C=O) groups is 4. The maximum Gasteiger partial charge on any atom is 0.338 e. The van der Waals surface area contributed by atoms with Crippen LogP contribution >= 0.6 is 0 Å². The van der Waals surface area contributed by atoms with E-state index in [-0.39, 0.29) is 31.8 Å². The van der Waals surface area contributed by atoms with Crippen molar-refractivity contribution < 1.29 is 33.4 Å². The van der Waals surface area contributed by atoms with Gasteiger partial charge in [-0.15, -0.1) is 0 Å². The highest BCUT2D eigenvalue weighted by Crippen LogP contribution is 2.15. The molecule has 9 heteroatoms. The van der Waals surface area contributed by atoms with E-state index in [4.69, 9.17) is 14.2 Å². The molecule has 0 aliphatic heterocycles. The first-order chi connectivity index (χ1) is 15.9. The summed E-state index contributed by atoms with van der Waals surface area (Å²) in [4.78, 5) is 47.4. The van der Waals surface area contributed by atoms with E-state index in [1.165, 1.54) is 0 Å².